The summed E-state index contributed by atoms with van der Waals surface area (Å²) in [6.07, 6.45) is 6.76. The van der Waals surface area contributed by atoms with Crippen LogP contribution in [-0.2, 0) is 0 Å². The van der Waals surface area contributed by atoms with E-state index in [0.717, 1.165) is 6.42 Å². The van der Waals surface area contributed by atoms with Gasteiger partial charge in [0.25, 0.3) is 0 Å². The topological polar surface area (TPSA) is 0 Å². The zero-order chi connectivity index (χ0) is 8.04. The molecular weight excluding hydrogens is 127 g/mol. The van der Waals surface area contributed by atoms with E-state index >= 15 is 0 Å². The van der Waals surface area contributed by atoms with Crippen LogP contribution in [0.3, 0.4) is 0 Å². The minimum atomic E-state index is 0.194. The monoisotopic (exact) mass is 142 g/mol. The summed E-state index contributed by atoms with van der Waals surface area (Å²) in [5, 5.41) is 0. The lowest BCUT2D eigenvalue weighted by molar-refractivity contribution is 0.462. The molecular formula is C9H15F. The van der Waals surface area contributed by atoms with E-state index in [2.05, 4.69) is 20.8 Å². The van der Waals surface area contributed by atoms with Gasteiger partial charge in [-0.2, -0.15) is 0 Å². The minimum absolute atomic E-state index is 0.194. The third-order valence-corrected chi connectivity index (χ3v) is 1.64. The molecule has 0 spiro atoms. The summed E-state index contributed by atoms with van der Waals surface area (Å²) >= 11 is 0. The smallest absolute Gasteiger partial charge is 0.0866 e. The molecule has 0 aliphatic rings. The summed E-state index contributed by atoms with van der Waals surface area (Å²) in [5.74, 6) is 0. The van der Waals surface area contributed by atoms with Gasteiger partial charge in [-0.05, 0) is 17.9 Å². The molecule has 0 rings (SSSR count). The van der Waals surface area contributed by atoms with Gasteiger partial charge in [0, 0.05) is 0 Å². The highest BCUT2D eigenvalue weighted by molar-refractivity contribution is 5.04. The molecule has 0 atom stereocenters. The highest BCUT2D eigenvalue weighted by atomic mass is 19.1. The molecule has 0 N–H and O–H groups in total. The third kappa shape index (κ3) is 4.30. The van der Waals surface area contributed by atoms with Crippen molar-refractivity contribution in [1.82, 2.24) is 0 Å². The second-order valence-electron chi connectivity index (χ2n) is 3.02. The van der Waals surface area contributed by atoms with Crippen molar-refractivity contribution in [3.63, 3.8) is 0 Å². The van der Waals surface area contributed by atoms with E-state index in [-0.39, 0.29) is 5.41 Å². The fraction of sp³-hybridized carbons (Fsp3) is 0.556. The summed E-state index contributed by atoms with van der Waals surface area (Å²) in [4.78, 5) is 0. The molecule has 0 aromatic carbocycles. The van der Waals surface area contributed by atoms with Crippen LogP contribution in [0.15, 0.2) is 24.6 Å². The molecule has 0 heterocycles. The molecule has 58 valence electrons. The lowest BCUT2D eigenvalue weighted by Gasteiger charge is -2.15. The summed E-state index contributed by atoms with van der Waals surface area (Å²) in [6, 6.07) is 0. The highest BCUT2D eigenvalue weighted by Gasteiger charge is 2.08. The normalized spacial score (nSPS) is 13.6. The average molecular weight is 142 g/mol. The van der Waals surface area contributed by atoms with Gasteiger partial charge in [-0.1, -0.05) is 32.9 Å². The lowest BCUT2D eigenvalue weighted by Crippen LogP contribution is -2.03. The number of hydrogen-bond acceptors (Lipinski definition) is 0. The van der Waals surface area contributed by atoms with Crippen LogP contribution >= 0.6 is 0 Å². The highest BCUT2D eigenvalue weighted by Crippen LogP contribution is 2.20. The Hall–Kier alpha value is -0.590. The Morgan fingerprint density at radius 2 is 1.90 bits per heavy atom. The van der Waals surface area contributed by atoms with Gasteiger partial charge in [-0.3, -0.25) is 0 Å². The quantitative estimate of drug-likeness (QED) is 0.529. The summed E-state index contributed by atoms with van der Waals surface area (Å²) in [7, 11) is 0. The van der Waals surface area contributed by atoms with Gasteiger partial charge in [0.15, 0.2) is 0 Å². The van der Waals surface area contributed by atoms with Crippen LogP contribution in [0.5, 0.6) is 0 Å². The van der Waals surface area contributed by atoms with E-state index in [1.54, 1.807) is 6.08 Å². The molecule has 0 aromatic rings. The van der Waals surface area contributed by atoms with E-state index in [4.69, 9.17) is 0 Å². The molecule has 10 heavy (non-hydrogen) atoms. The van der Waals surface area contributed by atoms with Gasteiger partial charge in [-0.15, -0.1) is 0 Å². The molecule has 0 radical (unpaired) electrons. The van der Waals surface area contributed by atoms with Crippen LogP contribution in [0.4, 0.5) is 4.39 Å². The fourth-order valence-electron chi connectivity index (χ4n) is 0.476. The Kier molecular flexibility index (Phi) is 4.01. The van der Waals surface area contributed by atoms with Gasteiger partial charge in [0.05, 0.1) is 6.33 Å². The average Bonchev–Trinajstić information content (AvgIpc) is 1.89. The summed E-state index contributed by atoms with van der Waals surface area (Å²) < 4.78 is 11.4. The molecule has 0 aliphatic heterocycles. The predicted molar refractivity (Wildman–Crippen MR) is 43.5 cm³/mol. The van der Waals surface area contributed by atoms with E-state index in [1.807, 2.05) is 6.08 Å². The first-order valence-electron chi connectivity index (χ1n) is 3.57. The van der Waals surface area contributed by atoms with Crippen molar-refractivity contribution in [3.05, 3.63) is 24.6 Å². The maximum absolute atomic E-state index is 11.4. The van der Waals surface area contributed by atoms with Crippen molar-refractivity contribution < 1.29 is 4.39 Å². The Morgan fingerprint density at radius 3 is 2.30 bits per heavy atom. The van der Waals surface area contributed by atoms with Crippen molar-refractivity contribution in [3.8, 4) is 0 Å². The SMILES string of the molecule is CCC(C)(C)/C=C\C=C\F. The molecule has 0 unspecified atom stereocenters. The first kappa shape index (κ1) is 9.41. The molecule has 0 saturated carbocycles. The van der Waals surface area contributed by atoms with Crippen LogP contribution in [0, 0.1) is 5.41 Å². The maximum Gasteiger partial charge on any atom is 0.0866 e. The van der Waals surface area contributed by atoms with Crippen molar-refractivity contribution in [2.24, 2.45) is 5.41 Å². The fourth-order valence-corrected chi connectivity index (χ4v) is 0.476. The zero-order valence-corrected chi connectivity index (χ0v) is 6.89. The number of allylic oxidation sites excluding steroid dienone is 3. The first-order valence-corrected chi connectivity index (χ1v) is 3.57. The van der Waals surface area contributed by atoms with E-state index in [0.29, 0.717) is 6.33 Å². The molecule has 0 aromatic heterocycles. The molecule has 0 aliphatic carbocycles. The van der Waals surface area contributed by atoms with Crippen molar-refractivity contribution in [2.75, 3.05) is 0 Å². The van der Waals surface area contributed by atoms with Crippen LogP contribution in [0.25, 0.3) is 0 Å². The largest absolute Gasteiger partial charge is 0.216 e. The van der Waals surface area contributed by atoms with Gasteiger partial charge < -0.3 is 0 Å². The molecule has 0 bridgehead atoms. The molecule has 0 fully saturated rings. The molecule has 1 heteroatoms. The van der Waals surface area contributed by atoms with Crippen molar-refractivity contribution in [1.29, 1.82) is 0 Å². The van der Waals surface area contributed by atoms with Crippen LogP contribution in [0.1, 0.15) is 27.2 Å². The Labute approximate surface area is 62.4 Å². The maximum atomic E-state index is 11.4. The van der Waals surface area contributed by atoms with Gasteiger partial charge in [-0.25, -0.2) is 4.39 Å². The Morgan fingerprint density at radius 1 is 1.30 bits per heavy atom. The predicted octanol–water partition coefficient (Wildman–Crippen LogP) is 3.46. The number of hydrogen-bond donors (Lipinski definition) is 0. The van der Waals surface area contributed by atoms with Gasteiger partial charge in [0.2, 0.25) is 0 Å². The minimum Gasteiger partial charge on any atom is -0.216 e. The van der Waals surface area contributed by atoms with Crippen molar-refractivity contribution in [2.45, 2.75) is 27.2 Å². The standard InChI is InChI=1S/C9H15F/c1-4-9(2,3)7-5-6-8-10/h5-8H,4H2,1-3H3/b7-5-,8-6+. The van der Waals surface area contributed by atoms with Crippen molar-refractivity contribution >= 4 is 0 Å². The van der Waals surface area contributed by atoms with Gasteiger partial charge in [0.1, 0.15) is 0 Å². The third-order valence-electron chi connectivity index (χ3n) is 1.64. The summed E-state index contributed by atoms with van der Waals surface area (Å²) in [5.41, 5.74) is 0.194. The second-order valence-corrected chi connectivity index (χ2v) is 3.02. The second kappa shape index (κ2) is 4.26. The first-order chi connectivity index (χ1) is 4.62. The molecule has 0 nitrogen and oxygen atoms in total. The van der Waals surface area contributed by atoms with Gasteiger partial charge >= 0.3 is 0 Å². The van der Waals surface area contributed by atoms with Crippen LogP contribution in [0.2, 0.25) is 0 Å². The van der Waals surface area contributed by atoms with E-state index < -0.39 is 0 Å². The zero-order valence-electron chi connectivity index (χ0n) is 6.89. The van der Waals surface area contributed by atoms with Crippen LogP contribution < -0.4 is 0 Å². The Bertz CT molecular complexity index is 132. The summed E-state index contributed by atoms with van der Waals surface area (Å²) in [6.45, 7) is 6.36. The Balaban J connectivity index is 3.86. The van der Waals surface area contributed by atoms with E-state index in [1.165, 1.54) is 6.08 Å². The number of rotatable bonds is 3. The molecule has 0 amide bonds. The van der Waals surface area contributed by atoms with E-state index in [9.17, 15) is 4.39 Å². The van der Waals surface area contributed by atoms with Crippen LogP contribution in [-0.4, -0.2) is 0 Å². The molecule has 0 saturated heterocycles. The lowest BCUT2D eigenvalue weighted by atomic mass is 9.90. The number of halogens is 1.